The predicted molar refractivity (Wildman–Crippen MR) is 94.8 cm³/mol. The Morgan fingerprint density at radius 3 is 2.58 bits per heavy atom. The van der Waals surface area contributed by atoms with E-state index in [2.05, 4.69) is 20.3 Å². The van der Waals surface area contributed by atoms with Crippen LogP contribution in [0.1, 0.15) is 18.4 Å². The molecule has 0 saturated carbocycles. The minimum atomic E-state index is -3.49. The number of hydrogen-bond donors (Lipinski definition) is 3. The van der Waals surface area contributed by atoms with Crippen molar-refractivity contribution in [2.24, 2.45) is 0 Å². The van der Waals surface area contributed by atoms with Gasteiger partial charge in [0.05, 0.1) is 9.90 Å². The quantitative estimate of drug-likeness (QED) is 0.665. The third kappa shape index (κ3) is 5.59. The van der Waals surface area contributed by atoms with Crippen molar-refractivity contribution in [1.29, 1.82) is 0 Å². The van der Waals surface area contributed by atoms with Gasteiger partial charge in [0.15, 0.2) is 0 Å². The number of carbonyl (C=O) groups excluding carboxylic acids is 1. The zero-order valence-electron chi connectivity index (χ0n) is 13.3. The van der Waals surface area contributed by atoms with E-state index in [1.54, 1.807) is 29.7 Å². The topological polar surface area (TPSA) is 100 Å². The number of rotatable bonds is 8. The fraction of sp³-hybridized carbons (Fsp3) is 0.333. The molecule has 1 aromatic heterocycles. The van der Waals surface area contributed by atoms with Crippen LogP contribution in [0.2, 0.25) is 0 Å². The summed E-state index contributed by atoms with van der Waals surface area (Å²) in [6, 6.07) is 5.69. The van der Waals surface area contributed by atoms with E-state index in [-0.39, 0.29) is 10.9 Å². The standard InChI is InChI=1S/C15H20N4O3S2/c1-2-8-18-24(21,22)13-5-3-12(4-6-13)19-15(20)17-9-7-14-16-10-11-23-14/h3-6,10-11,18H,2,7-9H2,1H3,(H2,17,19,20). The van der Waals surface area contributed by atoms with E-state index in [0.29, 0.717) is 25.2 Å². The third-order valence-electron chi connectivity index (χ3n) is 3.07. The van der Waals surface area contributed by atoms with Crippen molar-refractivity contribution in [1.82, 2.24) is 15.0 Å². The fourth-order valence-corrected chi connectivity index (χ4v) is 3.63. The van der Waals surface area contributed by atoms with Crippen molar-refractivity contribution in [2.45, 2.75) is 24.7 Å². The molecule has 0 aliphatic carbocycles. The third-order valence-corrected chi connectivity index (χ3v) is 5.39. The molecule has 2 rings (SSSR count). The summed E-state index contributed by atoms with van der Waals surface area (Å²) in [5, 5.41) is 8.24. The van der Waals surface area contributed by atoms with Crippen LogP contribution in [0.25, 0.3) is 0 Å². The number of urea groups is 1. The van der Waals surface area contributed by atoms with E-state index >= 15 is 0 Å². The minimum absolute atomic E-state index is 0.172. The molecule has 7 nitrogen and oxygen atoms in total. The SMILES string of the molecule is CCCNS(=O)(=O)c1ccc(NC(=O)NCCc2nccs2)cc1. The van der Waals surface area contributed by atoms with Gasteiger partial charge in [-0.15, -0.1) is 11.3 Å². The van der Waals surface area contributed by atoms with Gasteiger partial charge in [0.25, 0.3) is 0 Å². The molecular formula is C15H20N4O3S2. The number of anilines is 1. The van der Waals surface area contributed by atoms with Crippen LogP contribution in [0.3, 0.4) is 0 Å². The maximum absolute atomic E-state index is 12.0. The summed E-state index contributed by atoms with van der Waals surface area (Å²) in [6.45, 7) is 2.76. The van der Waals surface area contributed by atoms with Crippen molar-refractivity contribution in [3.05, 3.63) is 40.8 Å². The highest BCUT2D eigenvalue weighted by molar-refractivity contribution is 7.89. The summed E-state index contributed by atoms with van der Waals surface area (Å²) in [7, 11) is -3.49. The lowest BCUT2D eigenvalue weighted by Crippen LogP contribution is -2.30. The van der Waals surface area contributed by atoms with Gasteiger partial charge in [-0.05, 0) is 30.7 Å². The van der Waals surface area contributed by atoms with E-state index in [0.717, 1.165) is 11.4 Å². The lowest BCUT2D eigenvalue weighted by atomic mass is 10.3. The van der Waals surface area contributed by atoms with Gasteiger partial charge in [0.1, 0.15) is 0 Å². The number of nitrogens with one attached hydrogen (secondary N) is 3. The molecule has 0 saturated heterocycles. The van der Waals surface area contributed by atoms with Crippen LogP contribution < -0.4 is 15.4 Å². The highest BCUT2D eigenvalue weighted by Crippen LogP contribution is 2.14. The summed E-state index contributed by atoms with van der Waals surface area (Å²) in [4.78, 5) is 16.1. The Bertz CT molecular complexity index is 744. The van der Waals surface area contributed by atoms with Gasteiger partial charge in [0, 0.05) is 36.8 Å². The predicted octanol–water partition coefficient (Wildman–Crippen LogP) is 2.20. The van der Waals surface area contributed by atoms with Gasteiger partial charge in [-0.2, -0.15) is 0 Å². The highest BCUT2D eigenvalue weighted by atomic mass is 32.2. The second-order valence-electron chi connectivity index (χ2n) is 4.98. The number of nitrogens with zero attached hydrogens (tertiary/aromatic N) is 1. The lowest BCUT2D eigenvalue weighted by Gasteiger charge is -2.09. The molecule has 24 heavy (non-hydrogen) atoms. The van der Waals surface area contributed by atoms with Gasteiger partial charge >= 0.3 is 6.03 Å². The Labute approximate surface area is 145 Å². The van der Waals surface area contributed by atoms with Crippen LogP contribution in [0.5, 0.6) is 0 Å². The van der Waals surface area contributed by atoms with Crippen molar-refractivity contribution >= 4 is 33.1 Å². The van der Waals surface area contributed by atoms with Crippen LogP contribution in [0, 0.1) is 0 Å². The first-order valence-corrected chi connectivity index (χ1v) is 9.90. The van der Waals surface area contributed by atoms with E-state index in [4.69, 9.17) is 0 Å². The molecule has 1 heterocycles. The summed E-state index contributed by atoms with van der Waals surface area (Å²) >= 11 is 1.54. The first-order valence-electron chi connectivity index (χ1n) is 7.54. The van der Waals surface area contributed by atoms with E-state index < -0.39 is 10.0 Å². The Hall–Kier alpha value is -1.97. The maximum Gasteiger partial charge on any atom is 0.319 e. The first-order chi connectivity index (χ1) is 11.5. The van der Waals surface area contributed by atoms with Crippen molar-refractivity contribution in [3.8, 4) is 0 Å². The normalized spacial score (nSPS) is 11.2. The van der Waals surface area contributed by atoms with E-state index in [1.807, 2.05) is 12.3 Å². The zero-order chi connectivity index (χ0) is 17.4. The number of sulfonamides is 1. The summed E-state index contributed by atoms with van der Waals surface area (Å²) in [6.07, 6.45) is 3.12. The number of thiazole rings is 1. The van der Waals surface area contributed by atoms with Crippen LogP contribution >= 0.6 is 11.3 Å². The number of benzene rings is 1. The van der Waals surface area contributed by atoms with E-state index in [1.165, 1.54) is 12.1 Å². The van der Waals surface area contributed by atoms with Crippen molar-refractivity contribution in [3.63, 3.8) is 0 Å². The molecule has 0 unspecified atom stereocenters. The molecule has 0 radical (unpaired) electrons. The maximum atomic E-state index is 12.0. The number of aromatic nitrogens is 1. The Balaban J connectivity index is 1.83. The van der Waals surface area contributed by atoms with Gasteiger partial charge in [-0.25, -0.2) is 22.9 Å². The first kappa shape index (κ1) is 18.4. The molecule has 2 amide bonds. The number of carbonyl (C=O) groups is 1. The molecule has 130 valence electrons. The summed E-state index contributed by atoms with van der Waals surface area (Å²) in [5.41, 5.74) is 0.524. The van der Waals surface area contributed by atoms with Gasteiger partial charge in [-0.3, -0.25) is 0 Å². The Kier molecular flexibility index (Phi) is 6.71. The Morgan fingerprint density at radius 1 is 1.21 bits per heavy atom. The average Bonchev–Trinajstić information content (AvgIpc) is 3.07. The average molecular weight is 368 g/mol. The fourth-order valence-electron chi connectivity index (χ4n) is 1.87. The van der Waals surface area contributed by atoms with E-state index in [9.17, 15) is 13.2 Å². The zero-order valence-corrected chi connectivity index (χ0v) is 14.9. The monoisotopic (exact) mass is 368 g/mol. The molecular weight excluding hydrogens is 348 g/mol. The molecule has 1 aromatic carbocycles. The Morgan fingerprint density at radius 2 is 1.96 bits per heavy atom. The second kappa shape index (κ2) is 8.76. The largest absolute Gasteiger partial charge is 0.337 e. The number of hydrogen-bond acceptors (Lipinski definition) is 5. The molecule has 2 aromatic rings. The minimum Gasteiger partial charge on any atom is -0.337 e. The molecule has 0 spiro atoms. The highest BCUT2D eigenvalue weighted by Gasteiger charge is 2.12. The van der Waals surface area contributed by atoms with Crippen molar-refractivity contribution < 1.29 is 13.2 Å². The molecule has 0 atom stereocenters. The van der Waals surface area contributed by atoms with Crippen LogP contribution in [0.4, 0.5) is 10.5 Å². The summed E-state index contributed by atoms with van der Waals surface area (Å²) in [5.74, 6) is 0. The van der Waals surface area contributed by atoms with Crippen LogP contribution in [-0.4, -0.2) is 32.5 Å². The lowest BCUT2D eigenvalue weighted by molar-refractivity contribution is 0.252. The van der Waals surface area contributed by atoms with Gasteiger partial charge in [0.2, 0.25) is 10.0 Å². The van der Waals surface area contributed by atoms with Crippen LogP contribution in [0.15, 0.2) is 40.7 Å². The van der Waals surface area contributed by atoms with Gasteiger partial charge < -0.3 is 10.6 Å². The molecule has 0 fully saturated rings. The molecule has 0 aliphatic rings. The molecule has 0 bridgehead atoms. The second-order valence-corrected chi connectivity index (χ2v) is 7.72. The van der Waals surface area contributed by atoms with Crippen LogP contribution in [-0.2, 0) is 16.4 Å². The molecule has 3 N–H and O–H groups in total. The smallest absolute Gasteiger partial charge is 0.319 e. The van der Waals surface area contributed by atoms with Gasteiger partial charge in [-0.1, -0.05) is 6.92 Å². The van der Waals surface area contributed by atoms with Crippen molar-refractivity contribution in [2.75, 3.05) is 18.4 Å². The summed E-state index contributed by atoms with van der Waals surface area (Å²) < 4.78 is 26.4. The molecule has 9 heteroatoms. The molecule has 0 aliphatic heterocycles. The number of amides is 2.